The zero-order valence-corrected chi connectivity index (χ0v) is 18.3. The minimum atomic E-state index is -0.551. The minimum absolute atomic E-state index is 0.00227. The molecule has 6 nitrogen and oxygen atoms in total. The second-order valence-electron chi connectivity index (χ2n) is 7.35. The smallest absolute Gasteiger partial charge is 0.261 e. The number of carbonyl (C=O) groups excluding carboxylic acids is 2. The van der Waals surface area contributed by atoms with Gasteiger partial charge >= 0.3 is 0 Å². The number of para-hydroxylation sites is 2. The van der Waals surface area contributed by atoms with Crippen molar-refractivity contribution in [1.29, 1.82) is 0 Å². The third-order valence-electron chi connectivity index (χ3n) is 4.72. The van der Waals surface area contributed by atoms with Crippen LogP contribution in [0.15, 0.2) is 54.6 Å². The van der Waals surface area contributed by atoms with E-state index in [4.69, 9.17) is 9.47 Å². The van der Waals surface area contributed by atoms with Gasteiger partial charge in [0.1, 0.15) is 6.04 Å². The van der Waals surface area contributed by atoms with Crippen molar-refractivity contribution in [3.8, 4) is 11.5 Å². The largest absolute Gasteiger partial charge is 0.493 e. The molecule has 0 fully saturated rings. The summed E-state index contributed by atoms with van der Waals surface area (Å²) in [4.78, 5) is 27.5. The lowest BCUT2D eigenvalue weighted by atomic mass is 10.1. The van der Waals surface area contributed by atoms with Crippen LogP contribution in [0.5, 0.6) is 11.5 Å². The molecule has 0 bridgehead atoms. The van der Waals surface area contributed by atoms with Crippen molar-refractivity contribution in [3.05, 3.63) is 60.2 Å². The van der Waals surface area contributed by atoms with E-state index < -0.39 is 6.04 Å². The van der Waals surface area contributed by atoms with E-state index >= 15 is 0 Å². The van der Waals surface area contributed by atoms with Crippen LogP contribution in [0.1, 0.15) is 32.8 Å². The number of hydrogen-bond acceptors (Lipinski definition) is 4. The number of methoxy groups -OCH3 is 1. The van der Waals surface area contributed by atoms with Gasteiger partial charge in [-0.3, -0.25) is 9.59 Å². The van der Waals surface area contributed by atoms with Crippen molar-refractivity contribution in [3.63, 3.8) is 0 Å². The van der Waals surface area contributed by atoms with Gasteiger partial charge in [-0.05, 0) is 44.4 Å². The van der Waals surface area contributed by atoms with Crippen molar-refractivity contribution in [2.75, 3.05) is 20.3 Å². The van der Waals surface area contributed by atoms with Gasteiger partial charge in [0.2, 0.25) is 5.91 Å². The molecular weight excluding hydrogens is 380 g/mol. The molecule has 30 heavy (non-hydrogen) atoms. The van der Waals surface area contributed by atoms with Crippen molar-refractivity contribution in [2.45, 2.75) is 45.7 Å². The van der Waals surface area contributed by atoms with Gasteiger partial charge in [-0.25, -0.2) is 0 Å². The Morgan fingerprint density at radius 3 is 2.23 bits per heavy atom. The molecule has 0 saturated carbocycles. The van der Waals surface area contributed by atoms with Gasteiger partial charge in [0.25, 0.3) is 5.91 Å². The van der Waals surface area contributed by atoms with Crippen LogP contribution in [0.2, 0.25) is 0 Å². The number of nitrogens with zero attached hydrogens (tertiary/aromatic N) is 1. The first-order valence-corrected chi connectivity index (χ1v) is 10.4. The van der Waals surface area contributed by atoms with E-state index in [2.05, 4.69) is 5.32 Å². The molecule has 0 aliphatic rings. The number of carbonyl (C=O) groups is 2. The lowest BCUT2D eigenvalue weighted by Crippen LogP contribution is -2.52. The highest BCUT2D eigenvalue weighted by Gasteiger charge is 2.29. The molecule has 0 aliphatic heterocycles. The molecule has 2 rings (SSSR count). The summed E-state index contributed by atoms with van der Waals surface area (Å²) >= 11 is 0. The van der Waals surface area contributed by atoms with E-state index in [-0.39, 0.29) is 24.5 Å². The molecule has 6 heteroatoms. The van der Waals surface area contributed by atoms with Gasteiger partial charge in [-0.15, -0.1) is 0 Å². The van der Waals surface area contributed by atoms with Crippen LogP contribution < -0.4 is 14.8 Å². The fourth-order valence-corrected chi connectivity index (χ4v) is 3.24. The summed E-state index contributed by atoms with van der Waals surface area (Å²) in [5.41, 5.74) is 1.11. The van der Waals surface area contributed by atoms with Crippen molar-refractivity contribution >= 4 is 11.8 Å². The van der Waals surface area contributed by atoms with Crippen LogP contribution >= 0.6 is 0 Å². The molecule has 1 atom stereocenters. The van der Waals surface area contributed by atoms with Gasteiger partial charge in [0.05, 0.1) is 7.11 Å². The number of rotatable bonds is 11. The Bertz CT molecular complexity index is 808. The molecule has 0 saturated heterocycles. The maximum Gasteiger partial charge on any atom is 0.261 e. The maximum atomic E-state index is 13.1. The molecule has 2 amide bonds. The number of nitrogens with one attached hydrogen (secondary N) is 1. The zero-order chi connectivity index (χ0) is 21.9. The fraction of sp³-hybridized carbons (Fsp3) is 0.417. The maximum absolute atomic E-state index is 13.1. The number of benzene rings is 2. The highest BCUT2D eigenvalue weighted by atomic mass is 16.5. The Hall–Kier alpha value is -3.02. The third-order valence-corrected chi connectivity index (χ3v) is 4.72. The van der Waals surface area contributed by atoms with Gasteiger partial charge in [0.15, 0.2) is 18.1 Å². The van der Waals surface area contributed by atoms with Crippen LogP contribution in [0.3, 0.4) is 0 Å². The van der Waals surface area contributed by atoms with Crippen LogP contribution in [-0.4, -0.2) is 49.1 Å². The summed E-state index contributed by atoms with van der Waals surface area (Å²) in [5.74, 6) is 0.676. The molecular formula is C24H32N2O4. The summed E-state index contributed by atoms with van der Waals surface area (Å²) in [5, 5.41) is 2.93. The van der Waals surface area contributed by atoms with E-state index in [1.807, 2.05) is 63.2 Å². The second kappa shape index (κ2) is 11.9. The summed E-state index contributed by atoms with van der Waals surface area (Å²) in [6.07, 6.45) is 1.18. The van der Waals surface area contributed by atoms with E-state index in [0.29, 0.717) is 30.9 Å². The van der Waals surface area contributed by atoms with Gasteiger partial charge in [-0.1, -0.05) is 49.4 Å². The summed E-state index contributed by atoms with van der Waals surface area (Å²) in [6.45, 7) is 5.99. The first kappa shape index (κ1) is 23.3. The monoisotopic (exact) mass is 412 g/mol. The molecule has 1 N–H and O–H groups in total. The quantitative estimate of drug-likeness (QED) is 0.614. The van der Waals surface area contributed by atoms with Gasteiger partial charge < -0.3 is 19.7 Å². The van der Waals surface area contributed by atoms with Crippen LogP contribution in [0.25, 0.3) is 0 Å². The van der Waals surface area contributed by atoms with Crippen LogP contribution in [0, 0.1) is 0 Å². The standard InChI is InChI=1S/C24H32N2O4/c1-5-20(24(28)25-18(2)3)26(16-15-19-11-7-6-8-12-19)23(27)17-30-22-14-10-9-13-21(22)29-4/h6-14,18,20H,5,15-17H2,1-4H3,(H,25,28). The van der Waals surface area contributed by atoms with Gasteiger partial charge in [0, 0.05) is 12.6 Å². The predicted octanol–water partition coefficient (Wildman–Crippen LogP) is 3.45. The first-order chi connectivity index (χ1) is 14.5. The number of ether oxygens (including phenoxy) is 2. The summed E-state index contributed by atoms with van der Waals surface area (Å²) < 4.78 is 11.0. The normalized spacial score (nSPS) is 11.6. The molecule has 0 aromatic heterocycles. The molecule has 0 spiro atoms. The molecule has 0 radical (unpaired) electrons. The Morgan fingerprint density at radius 2 is 1.63 bits per heavy atom. The Kier molecular flexibility index (Phi) is 9.19. The lowest BCUT2D eigenvalue weighted by molar-refractivity contribution is -0.142. The second-order valence-corrected chi connectivity index (χ2v) is 7.35. The molecule has 1 unspecified atom stereocenters. The number of hydrogen-bond donors (Lipinski definition) is 1. The Balaban J connectivity index is 2.15. The highest BCUT2D eigenvalue weighted by molar-refractivity contribution is 5.88. The fourth-order valence-electron chi connectivity index (χ4n) is 3.24. The molecule has 2 aromatic carbocycles. The molecule has 0 heterocycles. The topological polar surface area (TPSA) is 67.9 Å². The molecule has 162 valence electrons. The lowest BCUT2D eigenvalue weighted by Gasteiger charge is -2.31. The Morgan fingerprint density at radius 1 is 1.00 bits per heavy atom. The third kappa shape index (κ3) is 6.79. The SMILES string of the molecule is CCC(C(=O)NC(C)C)N(CCc1ccccc1)C(=O)COc1ccccc1OC. The van der Waals surface area contributed by atoms with Crippen LogP contribution in [0.4, 0.5) is 0 Å². The molecule has 2 aromatic rings. The average Bonchev–Trinajstić information content (AvgIpc) is 2.75. The van der Waals surface area contributed by atoms with Gasteiger partial charge in [-0.2, -0.15) is 0 Å². The van der Waals surface area contributed by atoms with Crippen molar-refractivity contribution in [1.82, 2.24) is 10.2 Å². The minimum Gasteiger partial charge on any atom is -0.493 e. The highest BCUT2D eigenvalue weighted by Crippen LogP contribution is 2.25. The van der Waals surface area contributed by atoms with Crippen molar-refractivity contribution in [2.24, 2.45) is 0 Å². The zero-order valence-electron chi connectivity index (χ0n) is 18.3. The van der Waals surface area contributed by atoms with Crippen LogP contribution in [-0.2, 0) is 16.0 Å². The predicted molar refractivity (Wildman–Crippen MR) is 118 cm³/mol. The van der Waals surface area contributed by atoms with E-state index in [9.17, 15) is 9.59 Å². The summed E-state index contributed by atoms with van der Waals surface area (Å²) in [7, 11) is 1.56. The van der Waals surface area contributed by atoms with E-state index in [1.165, 1.54) is 0 Å². The van der Waals surface area contributed by atoms with Crippen molar-refractivity contribution < 1.29 is 19.1 Å². The molecule has 0 aliphatic carbocycles. The number of amides is 2. The summed E-state index contributed by atoms with van der Waals surface area (Å²) in [6, 6.07) is 16.6. The average molecular weight is 413 g/mol. The van der Waals surface area contributed by atoms with E-state index in [1.54, 1.807) is 24.1 Å². The van der Waals surface area contributed by atoms with E-state index in [0.717, 1.165) is 5.56 Å². The first-order valence-electron chi connectivity index (χ1n) is 10.4. The Labute approximate surface area is 179 Å².